The lowest BCUT2D eigenvalue weighted by atomic mass is 10.2. The van der Waals surface area contributed by atoms with E-state index >= 15 is 0 Å². The van der Waals surface area contributed by atoms with Gasteiger partial charge in [-0.2, -0.15) is 0 Å². The van der Waals surface area contributed by atoms with Crippen LogP contribution in [0.15, 0.2) is 52.1 Å². The smallest absolute Gasteiger partial charge is 0.277 e. The fraction of sp³-hybridized carbons (Fsp3) is 0.118. The second-order valence-electron chi connectivity index (χ2n) is 5.31. The zero-order chi connectivity index (χ0) is 16.6. The molecule has 4 aromatic rings. The van der Waals surface area contributed by atoms with Gasteiger partial charge in [-0.1, -0.05) is 23.9 Å². The van der Waals surface area contributed by atoms with Crippen molar-refractivity contribution in [2.24, 2.45) is 0 Å². The Hall–Kier alpha value is -2.58. The summed E-state index contributed by atoms with van der Waals surface area (Å²) in [5.74, 6) is 2.58. The van der Waals surface area contributed by atoms with Crippen LogP contribution in [-0.4, -0.2) is 22.0 Å². The Balaban J connectivity index is 1.32. The van der Waals surface area contributed by atoms with Crippen molar-refractivity contribution in [1.29, 1.82) is 0 Å². The van der Waals surface area contributed by atoms with Gasteiger partial charge >= 0.3 is 0 Å². The summed E-state index contributed by atoms with van der Waals surface area (Å²) in [6, 6.07) is 13.7. The molecule has 2 aromatic heterocycles. The van der Waals surface area contributed by atoms with Crippen LogP contribution in [0, 0.1) is 0 Å². The predicted octanol–water partition coefficient (Wildman–Crippen LogP) is 4.37. The number of benzene rings is 2. The molecule has 0 amide bonds. The third-order valence-electron chi connectivity index (χ3n) is 3.68. The Bertz CT molecular complexity index is 1030. The van der Waals surface area contributed by atoms with Crippen LogP contribution >= 0.6 is 23.1 Å². The first-order valence-corrected chi connectivity index (χ1v) is 9.36. The molecule has 0 spiro atoms. The van der Waals surface area contributed by atoms with Crippen LogP contribution in [0.2, 0.25) is 0 Å². The van der Waals surface area contributed by atoms with Crippen LogP contribution in [0.25, 0.3) is 21.7 Å². The normalized spacial score (nSPS) is 12.8. The molecule has 0 N–H and O–H groups in total. The van der Waals surface area contributed by atoms with E-state index in [0.29, 0.717) is 22.6 Å². The van der Waals surface area contributed by atoms with E-state index in [4.69, 9.17) is 13.9 Å². The molecule has 1 aliphatic heterocycles. The Morgan fingerprint density at radius 3 is 2.92 bits per heavy atom. The van der Waals surface area contributed by atoms with Gasteiger partial charge in [-0.15, -0.1) is 21.5 Å². The van der Waals surface area contributed by atoms with E-state index in [2.05, 4.69) is 21.2 Å². The van der Waals surface area contributed by atoms with Crippen LogP contribution in [0.5, 0.6) is 11.5 Å². The van der Waals surface area contributed by atoms with Gasteiger partial charge in [0.25, 0.3) is 5.22 Å². The number of fused-ring (bicyclic) bond motifs is 2. The van der Waals surface area contributed by atoms with Crippen LogP contribution in [0.3, 0.4) is 0 Å². The predicted molar refractivity (Wildman–Crippen MR) is 95.0 cm³/mol. The van der Waals surface area contributed by atoms with Gasteiger partial charge < -0.3 is 13.9 Å². The lowest BCUT2D eigenvalue weighted by Gasteiger charge is -1.97. The van der Waals surface area contributed by atoms with E-state index < -0.39 is 0 Å². The second-order valence-corrected chi connectivity index (χ2v) is 7.35. The maximum absolute atomic E-state index is 5.75. The Morgan fingerprint density at radius 1 is 1.04 bits per heavy atom. The molecule has 1 aliphatic rings. The molecule has 0 atom stereocenters. The average Bonchev–Trinajstić information content (AvgIpc) is 3.37. The molecule has 0 fully saturated rings. The van der Waals surface area contributed by atoms with Gasteiger partial charge in [0.2, 0.25) is 12.7 Å². The molecule has 0 unspecified atom stereocenters. The van der Waals surface area contributed by atoms with E-state index in [9.17, 15) is 0 Å². The molecule has 3 heterocycles. The number of para-hydroxylation sites is 1. The number of hydrogen-bond donors (Lipinski definition) is 0. The number of hydrogen-bond acceptors (Lipinski definition) is 8. The first-order valence-electron chi connectivity index (χ1n) is 7.56. The number of aromatic nitrogens is 3. The number of nitrogens with zero attached hydrogens (tertiary/aromatic N) is 3. The molecule has 0 aliphatic carbocycles. The molecule has 25 heavy (non-hydrogen) atoms. The minimum Gasteiger partial charge on any atom is -0.454 e. The lowest BCUT2D eigenvalue weighted by Crippen LogP contribution is -1.92. The van der Waals surface area contributed by atoms with E-state index in [-0.39, 0.29) is 6.79 Å². The summed E-state index contributed by atoms with van der Waals surface area (Å²) in [7, 11) is 0. The summed E-state index contributed by atoms with van der Waals surface area (Å²) in [6.07, 6.45) is 0. The Kier molecular flexibility index (Phi) is 3.57. The number of thioether (sulfide) groups is 1. The first kappa shape index (κ1) is 14.7. The molecule has 0 radical (unpaired) electrons. The van der Waals surface area contributed by atoms with Crippen molar-refractivity contribution in [3.05, 3.63) is 47.5 Å². The molecular weight excluding hydrogens is 358 g/mol. The third kappa shape index (κ3) is 2.83. The number of thiazole rings is 1. The highest BCUT2D eigenvalue weighted by Crippen LogP contribution is 2.36. The van der Waals surface area contributed by atoms with Gasteiger partial charge in [0.05, 0.1) is 16.0 Å². The van der Waals surface area contributed by atoms with Crippen molar-refractivity contribution < 1.29 is 13.9 Å². The van der Waals surface area contributed by atoms with Crippen molar-refractivity contribution in [2.75, 3.05) is 6.79 Å². The van der Waals surface area contributed by atoms with Crippen molar-refractivity contribution in [3.8, 4) is 23.0 Å². The van der Waals surface area contributed by atoms with E-state index in [1.54, 1.807) is 11.3 Å². The highest BCUT2D eigenvalue weighted by Gasteiger charge is 2.17. The number of rotatable bonds is 4. The van der Waals surface area contributed by atoms with Crippen molar-refractivity contribution in [2.45, 2.75) is 11.0 Å². The van der Waals surface area contributed by atoms with E-state index in [0.717, 1.165) is 21.8 Å². The van der Waals surface area contributed by atoms with Crippen LogP contribution < -0.4 is 9.47 Å². The monoisotopic (exact) mass is 369 g/mol. The first-order chi connectivity index (χ1) is 12.3. The molecule has 0 bridgehead atoms. The van der Waals surface area contributed by atoms with Gasteiger partial charge in [0.15, 0.2) is 11.5 Å². The fourth-order valence-corrected chi connectivity index (χ4v) is 4.24. The summed E-state index contributed by atoms with van der Waals surface area (Å²) in [5.41, 5.74) is 1.83. The van der Waals surface area contributed by atoms with Crippen molar-refractivity contribution in [1.82, 2.24) is 15.2 Å². The quantitative estimate of drug-likeness (QED) is 0.495. The van der Waals surface area contributed by atoms with E-state index in [1.165, 1.54) is 16.5 Å². The largest absolute Gasteiger partial charge is 0.454 e. The second kappa shape index (κ2) is 6.05. The molecule has 124 valence electrons. The highest BCUT2D eigenvalue weighted by atomic mass is 32.2. The van der Waals surface area contributed by atoms with E-state index in [1.807, 2.05) is 36.4 Å². The molecule has 0 saturated heterocycles. The zero-order valence-electron chi connectivity index (χ0n) is 12.8. The van der Waals surface area contributed by atoms with Gasteiger partial charge in [-0.3, -0.25) is 0 Å². The molecule has 0 saturated carbocycles. The van der Waals surface area contributed by atoms with Gasteiger partial charge in [0.1, 0.15) is 5.01 Å². The lowest BCUT2D eigenvalue weighted by molar-refractivity contribution is 0.174. The highest BCUT2D eigenvalue weighted by molar-refractivity contribution is 7.98. The molecule has 6 nitrogen and oxygen atoms in total. The minimum atomic E-state index is 0.242. The fourth-order valence-electron chi connectivity index (χ4n) is 2.52. The zero-order valence-corrected chi connectivity index (χ0v) is 14.5. The van der Waals surface area contributed by atoms with Crippen LogP contribution in [0.1, 0.15) is 5.01 Å². The standard InChI is InChI=1S/C17H11N3O3S2/c1-2-4-14-11(3-1)18-15(25-14)8-24-17-20-19-16(23-17)10-5-6-12-13(7-10)22-9-21-12/h1-7H,8-9H2. The molecular formula is C17H11N3O3S2. The van der Waals surface area contributed by atoms with Crippen molar-refractivity contribution >= 4 is 33.3 Å². The molecule has 2 aromatic carbocycles. The summed E-state index contributed by atoms with van der Waals surface area (Å²) < 4.78 is 17.6. The van der Waals surface area contributed by atoms with Gasteiger partial charge in [-0.25, -0.2) is 4.98 Å². The van der Waals surface area contributed by atoms with Crippen LogP contribution in [0.4, 0.5) is 0 Å². The maximum Gasteiger partial charge on any atom is 0.277 e. The summed E-state index contributed by atoms with van der Waals surface area (Å²) >= 11 is 3.16. The summed E-state index contributed by atoms with van der Waals surface area (Å²) in [5, 5.41) is 9.78. The van der Waals surface area contributed by atoms with Gasteiger partial charge in [0, 0.05) is 5.56 Å². The summed E-state index contributed by atoms with van der Waals surface area (Å²) in [6.45, 7) is 0.242. The van der Waals surface area contributed by atoms with Crippen molar-refractivity contribution in [3.63, 3.8) is 0 Å². The third-order valence-corrected chi connectivity index (χ3v) is 5.73. The summed E-state index contributed by atoms with van der Waals surface area (Å²) in [4.78, 5) is 4.61. The molecule has 5 rings (SSSR count). The molecule has 8 heteroatoms. The topological polar surface area (TPSA) is 70.3 Å². The Morgan fingerprint density at radius 2 is 1.96 bits per heavy atom. The van der Waals surface area contributed by atoms with Crippen LogP contribution in [-0.2, 0) is 5.75 Å². The Labute approximate surface area is 150 Å². The number of ether oxygens (including phenoxy) is 2. The SMILES string of the molecule is c1ccc2sc(CSc3nnc(-c4ccc5c(c4)OCO5)o3)nc2c1. The van der Waals surface area contributed by atoms with Gasteiger partial charge in [-0.05, 0) is 30.3 Å². The maximum atomic E-state index is 5.75. The minimum absolute atomic E-state index is 0.242. The average molecular weight is 369 g/mol.